The van der Waals surface area contributed by atoms with E-state index in [9.17, 15) is 14.7 Å². The van der Waals surface area contributed by atoms with E-state index in [-0.39, 0.29) is 12.3 Å². The molecule has 2 heterocycles. The minimum Gasteiger partial charge on any atom is -0.480 e. The quantitative estimate of drug-likeness (QED) is 0.510. The van der Waals surface area contributed by atoms with Gasteiger partial charge in [-0.25, -0.2) is 14.8 Å². The Kier molecular flexibility index (Phi) is 7.35. The van der Waals surface area contributed by atoms with Crippen LogP contribution in [-0.4, -0.2) is 46.6 Å². The van der Waals surface area contributed by atoms with Crippen molar-refractivity contribution >= 4 is 39.2 Å². The molecule has 0 saturated carbocycles. The first-order valence-corrected chi connectivity index (χ1v) is 10.8. The lowest BCUT2D eigenvalue weighted by atomic mass is 10.1. The van der Waals surface area contributed by atoms with Gasteiger partial charge in [-0.2, -0.15) is 0 Å². The van der Waals surface area contributed by atoms with Gasteiger partial charge in [0.25, 0.3) is 0 Å². The maximum absolute atomic E-state index is 12.3. The Labute approximate surface area is 179 Å². The van der Waals surface area contributed by atoms with E-state index >= 15 is 0 Å². The molecule has 0 aliphatic heterocycles. The molecule has 3 rings (SSSR count). The van der Waals surface area contributed by atoms with Crippen molar-refractivity contribution in [2.75, 3.05) is 18.5 Å². The molecule has 0 radical (unpaired) electrons. The van der Waals surface area contributed by atoms with Gasteiger partial charge in [-0.15, -0.1) is 11.3 Å². The molecule has 1 amide bonds. The van der Waals surface area contributed by atoms with Gasteiger partial charge in [-0.05, 0) is 18.1 Å². The molecule has 2 N–H and O–H groups in total. The fourth-order valence-electron chi connectivity index (χ4n) is 3.20. The average molecular weight is 427 g/mol. The number of rotatable bonds is 10. The zero-order chi connectivity index (χ0) is 21.5. The third-order valence-corrected chi connectivity index (χ3v) is 5.97. The number of aromatic nitrogens is 2. The number of carbonyl (C=O) groups excluding carboxylic acids is 1. The number of nitrogens with zero attached hydrogens (tertiary/aromatic N) is 3. The molecule has 0 spiro atoms. The maximum atomic E-state index is 12.3. The molecule has 158 valence electrons. The van der Waals surface area contributed by atoms with Gasteiger partial charge in [0.1, 0.15) is 23.0 Å². The van der Waals surface area contributed by atoms with Crippen LogP contribution in [0.3, 0.4) is 0 Å². The van der Waals surface area contributed by atoms with Crippen LogP contribution in [-0.2, 0) is 9.59 Å². The highest BCUT2D eigenvalue weighted by Gasteiger charge is 2.20. The smallest absolute Gasteiger partial charge is 0.326 e. The number of anilines is 1. The van der Waals surface area contributed by atoms with E-state index in [1.54, 1.807) is 11.3 Å². The third-order valence-electron chi connectivity index (χ3n) is 4.88. The number of amides is 1. The largest absolute Gasteiger partial charge is 0.480 e. The number of thiophene rings is 1. The Bertz CT molecular complexity index is 1010. The van der Waals surface area contributed by atoms with Crippen molar-refractivity contribution in [1.29, 1.82) is 0 Å². The minimum absolute atomic E-state index is 0.188. The van der Waals surface area contributed by atoms with Gasteiger partial charge in [-0.3, -0.25) is 4.79 Å². The Balaban J connectivity index is 1.68. The minimum atomic E-state index is -0.991. The normalized spacial score (nSPS) is 11.9. The third kappa shape index (κ3) is 5.33. The second kappa shape index (κ2) is 10.2. The molecule has 30 heavy (non-hydrogen) atoms. The molecule has 0 bridgehead atoms. The summed E-state index contributed by atoms with van der Waals surface area (Å²) in [5.74, 6) is -0.507. The van der Waals surface area contributed by atoms with Crippen LogP contribution >= 0.6 is 11.3 Å². The molecule has 0 aliphatic carbocycles. The second-order valence-corrected chi connectivity index (χ2v) is 8.20. The summed E-state index contributed by atoms with van der Waals surface area (Å²) >= 11 is 1.60. The number of unbranched alkanes of at least 4 members (excludes halogenated alkanes) is 1. The number of aliphatic carboxylic acids is 1. The fraction of sp³-hybridized carbons (Fsp3) is 0.364. The van der Waals surface area contributed by atoms with E-state index in [0.717, 1.165) is 39.3 Å². The van der Waals surface area contributed by atoms with Crippen LogP contribution < -0.4 is 10.2 Å². The number of hydrogen-bond acceptors (Lipinski definition) is 6. The standard InChI is InChI=1S/C22H26N4O3S/c1-3-4-10-17(22(28)29)25-19(27)11-12-26(2)20-16-13-18(15-8-6-5-7-9-15)30-21(16)24-14-23-20/h5-9,13-14,17H,3-4,10-12H2,1-2H3,(H,25,27)(H,28,29). The van der Waals surface area contributed by atoms with Crippen molar-refractivity contribution in [2.24, 2.45) is 0 Å². The lowest BCUT2D eigenvalue weighted by Gasteiger charge is -2.19. The Morgan fingerprint density at radius 3 is 2.70 bits per heavy atom. The first-order valence-electron chi connectivity index (χ1n) is 10.0. The van der Waals surface area contributed by atoms with Gasteiger partial charge >= 0.3 is 5.97 Å². The monoisotopic (exact) mass is 426 g/mol. The first-order chi connectivity index (χ1) is 14.5. The highest BCUT2D eigenvalue weighted by Crippen LogP contribution is 2.35. The zero-order valence-corrected chi connectivity index (χ0v) is 18.0. The van der Waals surface area contributed by atoms with Gasteiger partial charge in [0.05, 0.1) is 5.39 Å². The summed E-state index contributed by atoms with van der Waals surface area (Å²) in [7, 11) is 1.88. The Morgan fingerprint density at radius 1 is 1.23 bits per heavy atom. The van der Waals surface area contributed by atoms with Crippen molar-refractivity contribution < 1.29 is 14.7 Å². The number of carboxylic acids is 1. The number of nitrogens with one attached hydrogen (secondary N) is 1. The van der Waals surface area contributed by atoms with E-state index in [2.05, 4.69) is 33.5 Å². The summed E-state index contributed by atoms with van der Waals surface area (Å²) in [5.41, 5.74) is 1.13. The zero-order valence-electron chi connectivity index (χ0n) is 17.2. The molecular formula is C22H26N4O3S. The average Bonchev–Trinajstić information content (AvgIpc) is 3.19. The van der Waals surface area contributed by atoms with E-state index in [1.165, 1.54) is 6.33 Å². The molecule has 0 saturated heterocycles. The molecular weight excluding hydrogens is 400 g/mol. The van der Waals surface area contributed by atoms with E-state index in [1.807, 2.05) is 37.1 Å². The van der Waals surface area contributed by atoms with Crippen LogP contribution in [0.2, 0.25) is 0 Å². The molecule has 2 aromatic heterocycles. The molecule has 8 heteroatoms. The molecule has 1 aromatic carbocycles. The van der Waals surface area contributed by atoms with E-state index < -0.39 is 12.0 Å². The van der Waals surface area contributed by atoms with E-state index in [0.29, 0.717) is 13.0 Å². The highest BCUT2D eigenvalue weighted by molar-refractivity contribution is 7.21. The Morgan fingerprint density at radius 2 is 2.00 bits per heavy atom. The van der Waals surface area contributed by atoms with Crippen LogP contribution in [0.25, 0.3) is 20.7 Å². The van der Waals surface area contributed by atoms with Crippen LogP contribution in [0, 0.1) is 0 Å². The van der Waals surface area contributed by atoms with Gasteiger partial charge in [0, 0.05) is 24.9 Å². The maximum Gasteiger partial charge on any atom is 0.326 e. The van der Waals surface area contributed by atoms with Gasteiger partial charge in [0.2, 0.25) is 5.91 Å². The number of benzene rings is 1. The van der Waals surface area contributed by atoms with Crippen molar-refractivity contribution in [3.63, 3.8) is 0 Å². The fourth-order valence-corrected chi connectivity index (χ4v) is 4.20. The summed E-state index contributed by atoms with van der Waals surface area (Å²) in [6.07, 6.45) is 3.81. The predicted octanol–water partition coefficient (Wildman–Crippen LogP) is 3.94. The van der Waals surface area contributed by atoms with Gasteiger partial charge in [-0.1, -0.05) is 50.1 Å². The summed E-state index contributed by atoms with van der Waals surface area (Å²) in [5, 5.41) is 12.8. The van der Waals surface area contributed by atoms with Crippen LogP contribution in [0.4, 0.5) is 5.82 Å². The Hall–Kier alpha value is -3.00. The van der Waals surface area contributed by atoms with Gasteiger partial charge in [0.15, 0.2) is 0 Å². The lowest BCUT2D eigenvalue weighted by molar-refractivity contribution is -0.142. The molecule has 0 aliphatic rings. The SMILES string of the molecule is CCCCC(NC(=O)CCN(C)c1ncnc2sc(-c3ccccc3)cc12)C(=O)O. The van der Waals surface area contributed by atoms with Crippen LogP contribution in [0.1, 0.15) is 32.6 Å². The lowest BCUT2D eigenvalue weighted by Crippen LogP contribution is -2.41. The molecule has 1 atom stereocenters. The summed E-state index contributed by atoms with van der Waals surface area (Å²) in [4.78, 5) is 36.3. The van der Waals surface area contributed by atoms with Crippen LogP contribution in [0.15, 0.2) is 42.7 Å². The van der Waals surface area contributed by atoms with Crippen molar-refractivity contribution in [3.8, 4) is 10.4 Å². The van der Waals surface area contributed by atoms with Crippen LogP contribution in [0.5, 0.6) is 0 Å². The van der Waals surface area contributed by atoms with Crippen molar-refractivity contribution in [2.45, 2.75) is 38.6 Å². The molecule has 1 unspecified atom stereocenters. The van der Waals surface area contributed by atoms with Crippen molar-refractivity contribution in [3.05, 3.63) is 42.7 Å². The predicted molar refractivity (Wildman–Crippen MR) is 120 cm³/mol. The first kappa shape index (κ1) is 21.7. The van der Waals surface area contributed by atoms with E-state index in [4.69, 9.17) is 0 Å². The number of carboxylic acid groups (broad SMARTS) is 1. The second-order valence-electron chi connectivity index (χ2n) is 7.16. The number of fused-ring (bicyclic) bond motifs is 1. The molecule has 7 nitrogen and oxygen atoms in total. The summed E-state index contributed by atoms with van der Waals surface area (Å²) in [6.45, 7) is 2.42. The molecule has 3 aromatic rings. The number of carbonyl (C=O) groups is 2. The van der Waals surface area contributed by atoms with Gasteiger partial charge < -0.3 is 15.3 Å². The highest BCUT2D eigenvalue weighted by atomic mass is 32.1. The summed E-state index contributed by atoms with van der Waals surface area (Å²) in [6, 6.07) is 11.3. The molecule has 0 fully saturated rings. The topological polar surface area (TPSA) is 95.4 Å². The summed E-state index contributed by atoms with van der Waals surface area (Å²) < 4.78 is 0. The number of hydrogen-bond donors (Lipinski definition) is 2. The van der Waals surface area contributed by atoms with Crippen molar-refractivity contribution in [1.82, 2.24) is 15.3 Å².